The molecule has 3 aromatic rings. The average Bonchev–Trinajstić information content (AvgIpc) is 3.02. The molecule has 1 aromatic carbocycles. The van der Waals surface area contributed by atoms with Crippen LogP contribution in [0.1, 0.15) is 17.1 Å². The summed E-state index contributed by atoms with van der Waals surface area (Å²) in [5.74, 6) is 2.01. The molecule has 2 N–H and O–H groups in total. The van der Waals surface area contributed by atoms with Crippen LogP contribution in [0.5, 0.6) is 0 Å². The maximum Gasteiger partial charge on any atom is 0.134 e. The van der Waals surface area contributed by atoms with Crippen molar-refractivity contribution in [2.45, 2.75) is 19.9 Å². The van der Waals surface area contributed by atoms with Crippen molar-refractivity contribution < 1.29 is 4.42 Å². The van der Waals surface area contributed by atoms with Gasteiger partial charge in [0.2, 0.25) is 0 Å². The Kier molecular flexibility index (Phi) is 3.33. The van der Waals surface area contributed by atoms with Gasteiger partial charge in [0.1, 0.15) is 17.2 Å². The Morgan fingerprint density at radius 3 is 3.05 bits per heavy atom. The SMILES string of the molecule is Cc1oc2ccccc2c1CNCCc1ncc[nH]1. The van der Waals surface area contributed by atoms with Crippen LogP contribution in [0.25, 0.3) is 11.0 Å². The number of benzene rings is 1. The maximum atomic E-state index is 5.74. The molecule has 0 spiro atoms. The minimum atomic E-state index is 0.823. The Morgan fingerprint density at radius 1 is 1.32 bits per heavy atom. The van der Waals surface area contributed by atoms with Crippen LogP contribution >= 0.6 is 0 Å². The van der Waals surface area contributed by atoms with Gasteiger partial charge in [-0.25, -0.2) is 4.98 Å². The third-order valence-electron chi connectivity index (χ3n) is 3.30. The number of furan rings is 1. The van der Waals surface area contributed by atoms with Gasteiger partial charge in [-0.15, -0.1) is 0 Å². The lowest BCUT2D eigenvalue weighted by Gasteiger charge is -2.03. The largest absolute Gasteiger partial charge is 0.461 e. The normalized spacial score (nSPS) is 11.2. The molecule has 0 aliphatic carbocycles. The molecule has 0 saturated heterocycles. The van der Waals surface area contributed by atoms with Crippen LogP contribution < -0.4 is 5.32 Å². The van der Waals surface area contributed by atoms with E-state index in [-0.39, 0.29) is 0 Å². The quantitative estimate of drug-likeness (QED) is 0.689. The van der Waals surface area contributed by atoms with Crippen molar-refractivity contribution in [3.8, 4) is 0 Å². The van der Waals surface area contributed by atoms with E-state index in [9.17, 15) is 0 Å². The van der Waals surface area contributed by atoms with Crippen molar-refractivity contribution in [1.29, 1.82) is 0 Å². The first kappa shape index (κ1) is 12.0. The van der Waals surface area contributed by atoms with Gasteiger partial charge in [0.15, 0.2) is 0 Å². The summed E-state index contributed by atoms with van der Waals surface area (Å²) >= 11 is 0. The first-order valence-corrected chi connectivity index (χ1v) is 6.50. The van der Waals surface area contributed by atoms with Crippen LogP contribution in [0.4, 0.5) is 0 Å². The van der Waals surface area contributed by atoms with Crippen molar-refractivity contribution in [1.82, 2.24) is 15.3 Å². The van der Waals surface area contributed by atoms with E-state index in [1.54, 1.807) is 6.20 Å². The number of aromatic amines is 1. The molecule has 0 aliphatic heterocycles. The van der Waals surface area contributed by atoms with Crippen molar-refractivity contribution in [2.24, 2.45) is 0 Å². The molecular formula is C15H17N3O. The van der Waals surface area contributed by atoms with Gasteiger partial charge in [-0.3, -0.25) is 0 Å². The van der Waals surface area contributed by atoms with E-state index < -0.39 is 0 Å². The molecule has 4 nitrogen and oxygen atoms in total. The molecule has 0 fully saturated rings. The Hall–Kier alpha value is -2.07. The summed E-state index contributed by atoms with van der Waals surface area (Å²) in [5.41, 5.74) is 2.21. The van der Waals surface area contributed by atoms with Crippen LogP contribution in [0.15, 0.2) is 41.1 Å². The van der Waals surface area contributed by atoms with E-state index in [1.165, 1.54) is 10.9 Å². The minimum Gasteiger partial charge on any atom is -0.461 e. The highest BCUT2D eigenvalue weighted by Crippen LogP contribution is 2.24. The van der Waals surface area contributed by atoms with Crippen LogP contribution in [0.3, 0.4) is 0 Å². The lowest BCUT2D eigenvalue weighted by molar-refractivity contribution is 0.565. The van der Waals surface area contributed by atoms with Crippen molar-refractivity contribution >= 4 is 11.0 Å². The molecule has 0 atom stereocenters. The van der Waals surface area contributed by atoms with Gasteiger partial charge in [0.25, 0.3) is 0 Å². The fraction of sp³-hybridized carbons (Fsp3) is 0.267. The van der Waals surface area contributed by atoms with Gasteiger partial charge < -0.3 is 14.7 Å². The van der Waals surface area contributed by atoms with Crippen LogP contribution in [-0.4, -0.2) is 16.5 Å². The highest BCUT2D eigenvalue weighted by Gasteiger charge is 2.09. The zero-order valence-electron chi connectivity index (χ0n) is 10.9. The summed E-state index contributed by atoms with van der Waals surface area (Å²) < 4.78 is 5.74. The van der Waals surface area contributed by atoms with Gasteiger partial charge in [-0.2, -0.15) is 0 Å². The molecule has 4 heteroatoms. The average molecular weight is 255 g/mol. The van der Waals surface area contributed by atoms with Gasteiger partial charge in [0.05, 0.1) is 0 Å². The lowest BCUT2D eigenvalue weighted by Crippen LogP contribution is -2.17. The smallest absolute Gasteiger partial charge is 0.134 e. The number of hydrogen-bond donors (Lipinski definition) is 2. The van der Waals surface area contributed by atoms with E-state index >= 15 is 0 Å². The molecule has 98 valence electrons. The van der Waals surface area contributed by atoms with E-state index in [4.69, 9.17) is 4.42 Å². The molecule has 0 bridgehead atoms. The monoisotopic (exact) mass is 255 g/mol. The predicted molar refractivity (Wildman–Crippen MR) is 74.9 cm³/mol. The molecule has 0 radical (unpaired) electrons. The van der Waals surface area contributed by atoms with E-state index in [1.807, 2.05) is 31.3 Å². The van der Waals surface area contributed by atoms with E-state index in [0.717, 1.165) is 36.7 Å². The second kappa shape index (κ2) is 5.28. The van der Waals surface area contributed by atoms with Crippen LogP contribution in [0.2, 0.25) is 0 Å². The lowest BCUT2D eigenvalue weighted by atomic mass is 10.1. The standard InChI is InChI=1S/C15H17N3O/c1-11-13(12-4-2-3-5-14(12)19-11)10-16-7-6-15-17-8-9-18-15/h2-5,8-9,16H,6-7,10H2,1H3,(H,17,18). The number of hydrogen-bond acceptors (Lipinski definition) is 3. The fourth-order valence-electron chi connectivity index (χ4n) is 2.30. The topological polar surface area (TPSA) is 53.9 Å². The van der Waals surface area contributed by atoms with E-state index in [2.05, 4.69) is 21.4 Å². The second-order valence-corrected chi connectivity index (χ2v) is 4.60. The summed E-state index contributed by atoms with van der Waals surface area (Å²) in [7, 11) is 0. The maximum absolute atomic E-state index is 5.74. The molecule has 0 amide bonds. The van der Waals surface area contributed by atoms with Gasteiger partial charge in [0, 0.05) is 42.9 Å². The summed E-state index contributed by atoms with van der Waals surface area (Å²) in [6.07, 6.45) is 4.54. The predicted octanol–water partition coefficient (Wildman–Crippen LogP) is 2.80. The number of fused-ring (bicyclic) bond motifs is 1. The fourth-order valence-corrected chi connectivity index (χ4v) is 2.30. The first-order chi connectivity index (χ1) is 9.34. The molecule has 0 saturated carbocycles. The highest BCUT2D eigenvalue weighted by molar-refractivity contribution is 5.82. The number of nitrogens with zero attached hydrogens (tertiary/aromatic N) is 1. The number of aromatic nitrogens is 2. The Labute approximate surface area is 111 Å². The molecule has 0 aliphatic rings. The third kappa shape index (κ3) is 2.53. The summed E-state index contributed by atoms with van der Waals surface area (Å²) in [5, 5.41) is 4.64. The summed E-state index contributed by atoms with van der Waals surface area (Å²) in [4.78, 5) is 7.31. The van der Waals surface area contributed by atoms with Gasteiger partial charge >= 0.3 is 0 Å². The third-order valence-corrected chi connectivity index (χ3v) is 3.30. The number of imidazole rings is 1. The number of nitrogens with one attached hydrogen (secondary N) is 2. The zero-order chi connectivity index (χ0) is 13.1. The second-order valence-electron chi connectivity index (χ2n) is 4.60. The Bertz CT molecular complexity index is 655. The van der Waals surface area contributed by atoms with Crippen LogP contribution in [0, 0.1) is 6.92 Å². The summed E-state index contributed by atoms with van der Waals surface area (Å²) in [6.45, 7) is 3.74. The van der Waals surface area contributed by atoms with Gasteiger partial charge in [-0.1, -0.05) is 18.2 Å². The molecule has 19 heavy (non-hydrogen) atoms. The minimum absolute atomic E-state index is 0.823. The Morgan fingerprint density at radius 2 is 2.21 bits per heavy atom. The van der Waals surface area contributed by atoms with Crippen LogP contribution in [-0.2, 0) is 13.0 Å². The molecular weight excluding hydrogens is 238 g/mol. The first-order valence-electron chi connectivity index (χ1n) is 6.50. The van der Waals surface area contributed by atoms with Crippen molar-refractivity contribution in [2.75, 3.05) is 6.54 Å². The molecule has 2 heterocycles. The highest BCUT2D eigenvalue weighted by atomic mass is 16.3. The number of H-pyrrole nitrogens is 1. The number of rotatable bonds is 5. The molecule has 3 rings (SSSR count). The van der Waals surface area contributed by atoms with Gasteiger partial charge in [-0.05, 0) is 13.0 Å². The van der Waals surface area contributed by atoms with Crippen molar-refractivity contribution in [3.63, 3.8) is 0 Å². The van der Waals surface area contributed by atoms with E-state index in [0.29, 0.717) is 0 Å². The number of aryl methyl sites for hydroxylation is 1. The zero-order valence-corrected chi connectivity index (χ0v) is 10.9. The molecule has 2 aromatic heterocycles. The molecule has 0 unspecified atom stereocenters. The number of para-hydroxylation sites is 1. The van der Waals surface area contributed by atoms with Crippen molar-refractivity contribution in [3.05, 3.63) is 53.8 Å². The Balaban J connectivity index is 1.63. The summed E-state index contributed by atoms with van der Waals surface area (Å²) in [6, 6.07) is 8.16.